The number of carbonyl (C=O) groups is 1. The molecule has 2 aromatic carbocycles. The predicted octanol–water partition coefficient (Wildman–Crippen LogP) is 2.76. The number of amides is 1. The minimum absolute atomic E-state index is 0.0686. The van der Waals surface area contributed by atoms with Crippen molar-refractivity contribution in [3.8, 4) is 11.5 Å². The third kappa shape index (κ3) is 3.99. The minimum atomic E-state index is 0.0686. The zero-order chi connectivity index (χ0) is 18.5. The van der Waals surface area contributed by atoms with E-state index in [1.54, 1.807) is 14.2 Å². The molecule has 3 rings (SSSR count). The molecule has 1 saturated heterocycles. The van der Waals surface area contributed by atoms with Crippen molar-refractivity contribution in [3.05, 3.63) is 59.7 Å². The summed E-state index contributed by atoms with van der Waals surface area (Å²) in [4.78, 5) is 17.4. The first kappa shape index (κ1) is 18.3. The molecule has 0 bridgehead atoms. The van der Waals surface area contributed by atoms with E-state index < -0.39 is 0 Å². The molecule has 5 nitrogen and oxygen atoms in total. The summed E-state index contributed by atoms with van der Waals surface area (Å²) >= 11 is 0. The number of rotatable bonds is 5. The van der Waals surface area contributed by atoms with E-state index in [9.17, 15) is 4.79 Å². The van der Waals surface area contributed by atoms with E-state index in [4.69, 9.17) is 9.47 Å². The molecule has 0 radical (unpaired) electrons. The Balaban J connectivity index is 1.83. The fourth-order valence-corrected chi connectivity index (χ4v) is 3.46. The molecule has 1 amide bonds. The topological polar surface area (TPSA) is 42.0 Å². The smallest absolute Gasteiger partial charge is 0.227 e. The van der Waals surface area contributed by atoms with Crippen molar-refractivity contribution in [2.75, 3.05) is 40.9 Å². The number of benzene rings is 2. The monoisotopic (exact) mass is 354 g/mol. The zero-order valence-electron chi connectivity index (χ0n) is 15.6. The summed E-state index contributed by atoms with van der Waals surface area (Å²) in [7, 11) is 5.35. The first-order valence-electron chi connectivity index (χ1n) is 8.86. The van der Waals surface area contributed by atoms with Crippen molar-refractivity contribution in [2.24, 2.45) is 0 Å². The minimum Gasteiger partial charge on any atom is -0.497 e. The SMILES string of the molecule is COc1ccc(OC)c(CC(=O)N2CCN(C)CC2c2ccccc2)c1. The van der Waals surface area contributed by atoms with E-state index in [1.165, 1.54) is 5.56 Å². The fraction of sp³-hybridized carbons (Fsp3) is 0.381. The van der Waals surface area contributed by atoms with Crippen LogP contribution in [0.5, 0.6) is 11.5 Å². The summed E-state index contributed by atoms with van der Waals surface area (Å²) in [5, 5.41) is 0. The van der Waals surface area contributed by atoms with Gasteiger partial charge in [0, 0.05) is 25.2 Å². The van der Waals surface area contributed by atoms with Crippen LogP contribution in [0.3, 0.4) is 0 Å². The van der Waals surface area contributed by atoms with Crippen LogP contribution in [0.4, 0.5) is 0 Å². The van der Waals surface area contributed by atoms with Gasteiger partial charge in [-0.25, -0.2) is 0 Å². The highest BCUT2D eigenvalue weighted by Gasteiger charge is 2.30. The zero-order valence-corrected chi connectivity index (χ0v) is 15.6. The molecule has 0 N–H and O–H groups in total. The van der Waals surface area contributed by atoms with Crippen LogP contribution in [0.1, 0.15) is 17.2 Å². The molecule has 1 aliphatic heterocycles. The number of methoxy groups -OCH3 is 2. The summed E-state index contributed by atoms with van der Waals surface area (Å²) in [5.74, 6) is 1.55. The van der Waals surface area contributed by atoms with Gasteiger partial charge in [0.25, 0.3) is 0 Å². The van der Waals surface area contributed by atoms with Gasteiger partial charge in [0.2, 0.25) is 5.91 Å². The van der Waals surface area contributed by atoms with Crippen LogP contribution in [0.25, 0.3) is 0 Å². The standard InChI is InChI=1S/C21H26N2O3/c1-22-11-12-23(19(15-22)16-7-5-4-6-8-16)21(24)14-17-13-18(25-2)9-10-20(17)26-3/h4-10,13,19H,11-12,14-15H2,1-3H3. The number of likely N-dealkylation sites (N-methyl/N-ethyl adjacent to an activating group) is 1. The van der Waals surface area contributed by atoms with Crippen LogP contribution >= 0.6 is 0 Å². The van der Waals surface area contributed by atoms with E-state index >= 15 is 0 Å². The van der Waals surface area contributed by atoms with E-state index in [0.29, 0.717) is 12.2 Å². The van der Waals surface area contributed by atoms with Crippen LogP contribution in [0, 0.1) is 0 Å². The Kier molecular flexibility index (Phi) is 5.78. The van der Waals surface area contributed by atoms with Gasteiger partial charge in [-0.2, -0.15) is 0 Å². The van der Waals surface area contributed by atoms with Crippen molar-refractivity contribution < 1.29 is 14.3 Å². The number of hydrogen-bond donors (Lipinski definition) is 0. The molecule has 0 aliphatic carbocycles. The fourth-order valence-electron chi connectivity index (χ4n) is 3.46. The third-order valence-corrected chi connectivity index (χ3v) is 4.92. The Labute approximate surface area is 155 Å². The van der Waals surface area contributed by atoms with Crippen molar-refractivity contribution in [1.29, 1.82) is 0 Å². The number of nitrogens with zero attached hydrogens (tertiary/aromatic N) is 2. The average Bonchev–Trinajstić information content (AvgIpc) is 2.68. The Hall–Kier alpha value is -2.53. The summed E-state index contributed by atoms with van der Waals surface area (Å²) < 4.78 is 10.7. The lowest BCUT2D eigenvalue weighted by molar-refractivity contribution is -0.135. The second-order valence-corrected chi connectivity index (χ2v) is 6.63. The van der Waals surface area contributed by atoms with Crippen LogP contribution in [-0.4, -0.2) is 56.6 Å². The van der Waals surface area contributed by atoms with Gasteiger partial charge in [0.15, 0.2) is 0 Å². The molecule has 1 unspecified atom stereocenters. The quantitative estimate of drug-likeness (QED) is 0.828. The lowest BCUT2D eigenvalue weighted by Crippen LogP contribution is -2.49. The molecule has 1 heterocycles. The maximum Gasteiger partial charge on any atom is 0.227 e. The van der Waals surface area contributed by atoms with Crippen molar-refractivity contribution in [1.82, 2.24) is 9.80 Å². The molecular formula is C21H26N2O3. The van der Waals surface area contributed by atoms with Gasteiger partial charge in [-0.05, 0) is 30.8 Å². The highest BCUT2D eigenvalue weighted by Crippen LogP contribution is 2.28. The van der Waals surface area contributed by atoms with Gasteiger partial charge in [-0.15, -0.1) is 0 Å². The molecule has 26 heavy (non-hydrogen) atoms. The molecule has 1 atom stereocenters. The first-order valence-corrected chi connectivity index (χ1v) is 8.86. The summed E-state index contributed by atoms with van der Waals surface area (Å²) in [6, 6.07) is 15.9. The third-order valence-electron chi connectivity index (χ3n) is 4.92. The second kappa shape index (κ2) is 8.23. The van der Waals surface area contributed by atoms with Crippen molar-refractivity contribution in [2.45, 2.75) is 12.5 Å². The van der Waals surface area contributed by atoms with E-state index in [1.807, 2.05) is 41.3 Å². The largest absolute Gasteiger partial charge is 0.497 e. The van der Waals surface area contributed by atoms with Crippen LogP contribution < -0.4 is 9.47 Å². The Morgan fingerprint density at radius 2 is 1.85 bits per heavy atom. The van der Waals surface area contributed by atoms with Gasteiger partial charge >= 0.3 is 0 Å². The second-order valence-electron chi connectivity index (χ2n) is 6.63. The predicted molar refractivity (Wildman–Crippen MR) is 102 cm³/mol. The Morgan fingerprint density at radius 1 is 1.08 bits per heavy atom. The molecular weight excluding hydrogens is 328 g/mol. The van der Waals surface area contributed by atoms with Crippen molar-refractivity contribution in [3.63, 3.8) is 0 Å². The van der Waals surface area contributed by atoms with Gasteiger partial charge in [0.1, 0.15) is 11.5 Å². The Bertz CT molecular complexity index is 748. The summed E-state index contributed by atoms with van der Waals surface area (Å²) in [5.41, 5.74) is 2.02. The van der Waals surface area contributed by atoms with Gasteiger partial charge in [-0.1, -0.05) is 30.3 Å². The van der Waals surface area contributed by atoms with Gasteiger partial charge in [-0.3, -0.25) is 4.79 Å². The normalized spacial score (nSPS) is 17.8. The number of piperazine rings is 1. The molecule has 2 aromatic rings. The van der Waals surface area contributed by atoms with Crippen molar-refractivity contribution >= 4 is 5.91 Å². The summed E-state index contributed by atoms with van der Waals surface area (Å²) in [6.07, 6.45) is 0.299. The lowest BCUT2D eigenvalue weighted by Gasteiger charge is -2.40. The molecule has 1 aliphatic rings. The molecule has 1 fully saturated rings. The first-order chi connectivity index (χ1) is 12.6. The van der Waals surface area contributed by atoms with Crippen LogP contribution in [-0.2, 0) is 11.2 Å². The van der Waals surface area contributed by atoms with E-state index in [0.717, 1.165) is 30.9 Å². The average molecular weight is 354 g/mol. The van der Waals surface area contributed by atoms with Gasteiger partial charge in [0.05, 0.1) is 26.7 Å². The maximum absolute atomic E-state index is 13.1. The molecule has 0 aromatic heterocycles. The van der Waals surface area contributed by atoms with Gasteiger partial charge < -0.3 is 19.3 Å². The highest BCUT2D eigenvalue weighted by molar-refractivity contribution is 5.80. The molecule has 0 saturated carbocycles. The Morgan fingerprint density at radius 3 is 2.54 bits per heavy atom. The number of ether oxygens (including phenoxy) is 2. The number of hydrogen-bond acceptors (Lipinski definition) is 4. The van der Waals surface area contributed by atoms with Crippen LogP contribution in [0.2, 0.25) is 0 Å². The number of carbonyl (C=O) groups excluding carboxylic acids is 1. The van der Waals surface area contributed by atoms with E-state index in [2.05, 4.69) is 24.1 Å². The lowest BCUT2D eigenvalue weighted by atomic mass is 10.0. The van der Waals surface area contributed by atoms with Crippen LogP contribution in [0.15, 0.2) is 48.5 Å². The molecule has 0 spiro atoms. The molecule has 138 valence electrons. The highest BCUT2D eigenvalue weighted by atomic mass is 16.5. The molecule has 5 heteroatoms. The summed E-state index contributed by atoms with van der Waals surface area (Å²) in [6.45, 7) is 2.44. The maximum atomic E-state index is 13.1. The van der Waals surface area contributed by atoms with E-state index in [-0.39, 0.29) is 11.9 Å².